The maximum Gasteiger partial charge on any atom is 0.119 e. The van der Waals surface area contributed by atoms with Gasteiger partial charge in [0, 0.05) is 16.7 Å². The van der Waals surface area contributed by atoms with Crippen LogP contribution in [0.2, 0.25) is 0 Å². The van der Waals surface area contributed by atoms with Crippen LogP contribution in [0.15, 0.2) is 52.3 Å². The van der Waals surface area contributed by atoms with E-state index in [9.17, 15) is 0 Å². The Morgan fingerprint density at radius 3 is 2.80 bits per heavy atom. The lowest BCUT2D eigenvalue weighted by atomic mass is 9.90. The molecule has 1 aliphatic heterocycles. The number of aryl methyl sites for hydroxylation is 1. The van der Waals surface area contributed by atoms with Crippen LogP contribution in [0.25, 0.3) is 11.3 Å². The molecule has 20 heavy (non-hydrogen) atoms. The first-order valence-electron chi connectivity index (χ1n) is 6.87. The van der Waals surface area contributed by atoms with Crippen LogP contribution >= 0.6 is 10.9 Å². The number of thiol groups is 1. The predicted octanol–water partition coefficient (Wildman–Crippen LogP) is 4.19. The van der Waals surface area contributed by atoms with Gasteiger partial charge in [-0.25, -0.2) is 0 Å². The monoisotopic (exact) mass is 283 g/mol. The Bertz CT molecular complexity index is 715. The van der Waals surface area contributed by atoms with Crippen molar-refractivity contribution in [1.29, 1.82) is 0 Å². The zero-order valence-electron chi connectivity index (χ0n) is 11.4. The zero-order valence-corrected chi connectivity index (χ0v) is 12.3. The highest BCUT2D eigenvalue weighted by molar-refractivity contribution is 8.22. The van der Waals surface area contributed by atoms with Gasteiger partial charge < -0.3 is 9.72 Å². The Hall–Kier alpha value is -1.87. The molecule has 2 nitrogen and oxygen atoms in total. The molecule has 4 rings (SSSR count). The highest BCUT2D eigenvalue weighted by Crippen LogP contribution is 2.48. The van der Waals surface area contributed by atoms with Crippen LogP contribution in [0.3, 0.4) is 0 Å². The summed E-state index contributed by atoms with van der Waals surface area (Å²) < 4.78 is 5.33. The maximum absolute atomic E-state index is 5.33. The minimum absolute atomic E-state index is 0.233. The second kappa shape index (κ2) is 4.60. The lowest BCUT2D eigenvalue weighted by Crippen LogP contribution is -2.04. The standard InChI is InChI=1S/C17H17NOS/c1-19-13-5-7-14-12(10-13)4-6-15-16(11-18-17(14)15)20-8-2-3-9-20/h2-3,5,7-11,18,20H,4,6H2,1H3. The number of hydrogen-bond acceptors (Lipinski definition) is 1. The van der Waals surface area contributed by atoms with Crippen molar-refractivity contribution in [2.45, 2.75) is 17.7 Å². The number of H-pyrrole nitrogens is 1. The summed E-state index contributed by atoms with van der Waals surface area (Å²) in [6.07, 6.45) is 8.74. The molecular formula is C17H17NOS. The summed E-state index contributed by atoms with van der Waals surface area (Å²) >= 11 is 0. The van der Waals surface area contributed by atoms with Gasteiger partial charge in [0.1, 0.15) is 5.75 Å². The van der Waals surface area contributed by atoms with Gasteiger partial charge in [0.2, 0.25) is 0 Å². The van der Waals surface area contributed by atoms with Gasteiger partial charge >= 0.3 is 0 Å². The molecule has 1 aromatic heterocycles. The minimum Gasteiger partial charge on any atom is -0.497 e. The summed E-state index contributed by atoms with van der Waals surface area (Å²) in [5, 5.41) is 4.64. The number of methoxy groups -OCH3 is 1. The van der Waals surface area contributed by atoms with Crippen LogP contribution in [0.4, 0.5) is 0 Å². The maximum atomic E-state index is 5.33. The Kier molecular flexibility index (Phi) is 2.74. The van der Waals surface area contributed by atoms with Crippen LogP contribution in [-0.4, -0.2) is 12.1 Å². The molecule has 2 aliphatic rings. The van der Waals surface area contributed by atoms with Crippen molar-refractivity contribution in [2.24, 2.45) is 0 Å². The largest absolute Gasteiger partial charge is 0.497 e. The molecule has 2 heterocycles. The van der Waals surface area contributed by atoms with Gasteiger partial charge in [0.25, 0.3) is 0 Å². The average molecular weight is 283 g/mol. The summed E-state index contributed by atoms with van der Waals surface area (Å²) in [5.74, 6) is 0.949. The predicted molar refractivity (Wildman–Crippen MR) is 85.7 cm³/mol. The number of hydrogen-bond donors (Lipinski definition) is 2. The minimum atomic E-state index is -0.233. The Balaban J connectivity index is 1.81. The smallest absolute Gasteiger partial charge is 0.119 e. The summed E-state index contributed by atoms with van der Waals surface area (Å²) in [6, 6.07) is 6.40. The molecule has 0 atom stereocenters. The summed E-state index contributed by atoms with van der Waals surface area (Å²) in [6.45, 7) is 0. The van der Waals surface area contributed by atoms with E-state index in [-0.39, 0.29) is 10.9 Å². The van der Waals surface area contributed by atoms with Crippen LogP contribution < -0.4 is 4.74 Å². The zero-order chi connectivity index (χ0) is 13.5. The number of fused-ring (bicyclic) bond motifs is 3. The molecule has 0 fully saturated rings. The first-order chi connectivity index (χ1) is 9.86. The van der Waals surface area contributed by atoms with E-state index >= 15 is 0 Å². The molecular weight excluding hydrogens is 266 g/mol. The second-order valence-corrected chi connectivity index (χ2v) is 7.03. The van der Waals surface area contributed by atoms with Gasteiger partial charge in [0.15, 0.2) is 0 Å². The molecule has 0 amide bonds. The number of allylic oxidation sites excluding steroid dienone is 2. The fourth-order valence-electron chi connectivity index (χ4n) is 3.07. The lowest BCUT2D eigenvalue weighted by Gasteiger charge is -2.20. The molecule has 1 aliphatic carbocycles. The normalized spacial score (nSPS) is 17.1. The van der Waals surface area contributed by atoms with E-state index in [4.69, 9.17) is 4.74 Å². The van der Waals surface area contributed by atoms with Gasteiger partial charge in [-0.1, -0.05) is 12.2 Å². The number of benzene rings is 1. The third kappa shape index (κ3) is 1.74. The van der Waals surface area contributed by atoms with Gasteiger partial charge in [-0.2, -0.15) is 10.9 Å². The number of nitrogens with one attached hydrogen (secondary N) is 1. The molecule has 0 saturated carbocycles. The third-order valence-electron chi connectivity index (χ3n) is 4.07. The van der Waals surface area contributed by atoms with Crippen molar-refractivity contribution in [3.8, 4) is 17.0 Å². The van der Waals surface area contributed by atoms with E-state index in [0.717, 1.165) is 18.6 Å². The van der Waals surface area contributed by atoms with Crippen LogP contribution in [0, 0.1) is 0 Å². The average Bonchev–Trinajstić information content (AvgIpc) is 3.15. The topological polar surface area (TPSA) is 25.0 Å². The van der Waals surface area contributed by atoms with E-state index in [1.165, 1.54) is 27.3 Å². The summed E-state index contributed by atoms with van der Waals surface area (Å²) in [7, 11) is 1.49. The van der Waals surface area contributed by atoms with Gasteiger partial charge in [-0.05, 0) is 53.0 Å². The summed E-state index contributed by atoms with van der Waals surface area (Å²) in [5.41, 5.74) is 5.53. The fourth-order valence-corrected chi connectivity index (χ4v) is 4.81. The van der Waals surface area contributed by atoms with Crippen molar-refractivity contribution < 1.29 is 4.74 Å². The third-order valence-corrected chi connectivity index (χ3v) is 6.01. The molecule has 0 spiro atoms. The first kappa shape index (κ1) is 11.9. The van der Waals surface area contributed by atoms with Crippen LogP contribution in [-0.2, 0) is 12.8 Å². The van der Waals surface area contributed by atoms with Crippen LogP contribution in [0.5, 0.6) is 5.75 Å². The molecule has 0 saturated heterocycles. The fraction of sp³-hybridized carbons (Fsp3) is 0.176. The molecule has 1 N–H and O–H groups in total. The van der Waals surface area contributed by atoms with E-state index < -0.39 is 0 Å². The Labute approximate surface area is 121 Å². The van der Waals surface area contributed by atoms with Gasteiger partial charge in [-0.15, -0.1) is 0 Å². The van der Waals surface area contributed by atoms with E-state index in [1.807, 2.05) is 0 Å². The molecule has 102 valence electrons. The SMILES string of the molecule is COc1ccc2c(c1)CCc1c([SH]3C=CC=C3)c[nH]c1-2. The van der Waals surface area contributed by atoms with Gasteiger partial charge in [0.05, 0.1) is 12.8 Å². The van der Waals surface area contributed by atoms with Gasteiger partial charge in [-0.3, -0.25) is 0 Å². The van der Waals surface area contributed by atoms with E-state index in [1.54, 1.807) is 7.11 Å². The second-order valence-electron chi connectivity index (χ2n) is 5.14. The molecule has 1 aromatic carbocycles. The van der Waals surface area contributed by atoms with E-state index in [0.29, 0.717) is 0 Å². The lowest BCUT2D eigenvalue weighted by molar-refractivity contribution is 0.414. The van der Waals surface area contributed by atoms with Crippen LogP contribution in [0.1, 0.15) is 11.1 Å². The van der Waals surface area contributed by atoms with Crippen molar-refractivity contribution in [1.82, 2.24) is 4.98 Å². The number of aromatic amines is 1. The summed E-state index contributed by atoms with van der Waals surface area (Å²) in [4.78, 5) is 4.99. The Morgan fingerprint density at radius 2 is 2.00 bits per heavy atom. The molecule has 2 aromatic rings. The highest BCUT2D eigenvalue weighted by atomic mass is 32.2. The number of aromatic nitrogens is 1. The first-order valence-corrected chi connectivity index (χ1v) is 8.35. The Morgan fingerprint density at radius 1 is 1.15 bits per heavy atom. The van der Waals surface area contributed by atoms with Crippen molar-refractivity contribution in [2.75, 3.05) is 7.11 Å². The highest BCUT2D eigenvalue weighted by Gasteiger charge is 2.22. The quantitative estimate of drug-likeness (QED) is 0.794. The molecule has 0 radical (unpaired) electrons. The molecule has 0 bridgehead atoms. The number of ether oxygens (including phenoxy) is 1. The molecule has 3 heteroatoms. The molecule has 0 unspecified atom stereocenters. The van der Waals surface area contributed by atoms with Crippen molar-refractivity contribution in [3.05, 3.63) is 58.5 Å². The van der Waals surface area contributed by atoms with Crippen molar-refractivity contribution >= 4 is 10.9 Å². The van der Waals surface area contributed by atoms with Crippen molar-refractivity contribution in [3.63, 3.8) is 0 Å². The van der Waals surface area contributed by atoms with E-state index in [2.05, 4.69) is 52.3 Å². The number of rotatable bonds is 2.